The number of nitrogens with zero attached hydrogens (tertiary/aromatic N) is 1. The van der Waals surface area contributed by atoms with Crippen molar-refractivity contribution in [3.8, 4) is 17.4 Å². The summed E-state index contributed by atoms with van der Waals surface area (Å²) in [5.74, 6) is -0.422. The zero-order valence-electron chi connectivity index (χ0n) is 10.8. The Morgan fingerprint density at radius 2 is 2.10 bits per heavy atom. The summed E-state index contributed by atoms with van der Waals surface area (Å²) in [5.41, 5.74) is 0.544. The summed E-state index contributed by atoms with van der Waals surface area (Å²) in [6.45, 7) is 2.37. The van der Waals surface area contributed by atoms with Gasteiger partial charge in [0.05, 0.1) is 24.1 Å². The smallest absolute Gasteiger partial charge is 0.259 e. The molecule has 104 valence electrons. The predicted octanol–water partition coefficient (Wildman–Crippen LogP) is 2.14. The van der Waals surface area contributed by atoms with Crippen LogP contribution in [0, 0.1) is 0 Å². The van der Waals surface area contributed by atoms with Gasteiger partial charge in [-0.1, -0.05) is 0 Å². The molecule has 1 aromatic heterocycles. The monoisotopic (exact) mass is 274 g/mol. The van der Waals surface area contributed by atoms with Crippen LogP contribution in [0.4, 0.5) is 5.69 Å². The van der Waals surface area contributed by atoms with E-state index in [2.05, 4.69) is 10.3 Å². The van der Waals surface area contributed by atoms with Gasteiger partial charge in [0.25, 0.3) is 5.91 Å². The first kappa shape index (κ1) is 13.7. The Kier molecular flexibility index (Phi) is 4.05. The molecule has 1 amide bonds. The Balaban J connectivity index is 2.11. The molecule has 0 fully saturated rings. The number of phenolic OH excluding ortho intramolecular Hbond substituents is 2. The van der Waals surface area contributed by atoms with E-state index in [-0.39, 0.29) is 17.1 Å². The quantitative estimate of drug-likeness (QED) is 0.794. The van der Waals surface area contributed by atoms with Crippen molar-refractivity contribution in [1.82, 2.24) is 4.98 Å². The van der Waals surface area contributed by atoms with Crippen LogP contribution < -0.4 is 10.1 Å². The Hall–Kier alpha value is -2.76. The number of carbonyl (C=O) groups excluding carboxylic acids is 1. The van der Waals surface area contributed by atoms with Crippen LogP contribution in [-0.4, -0.2) is 27.7 Å². The molecule has 0 saturated heterocycles. The zero-order valence-corrected chi connectivity index (χ0v) is 10.8. The van der Waals surface area contributed by atoms with Crippen molar-refractivity contribution >= 4 is 11.6 Å². The second kappa shape index (κ2) is 5.92. The Bertz CT molecular complexity index is 611. The van der Waals surface area contributed by atoms with E-state index < -0.39 is 5.91 Å². The van der Waals surface area contributed by atoms with E-state index in [0.717, 1.165) is 6.07 Å². The lowest BCUT2D eigenvalue weighted by atomic mass is 10.1. The number of nitrogens with one attached hydrogen (secondary N) is 1. The first-order valence-electron chi connectivity index (χ1n) is 6.02. The summed E-state index contributed by atoms with van der Waals surface area (Å²) in [6, 6.07) is 7.04. The molecule has 0 aliphatic rings. The highest BCUT2D eigenvalue weighted by Crippen LogP contribution is 2.23. The first-order valence-corrected chi connectivity index (χ1v) is 6.02. The molecular formula is C14H14N2O4. The van der Waals surface area contributed by atoms with Crippen LogP contribution >= 0.6 is 0 Å². The van der Waals surface area contributed by atoms with E-state index in [1.54, 1.807) is 12.1 Å². The number of carbonyl (C=O) groups is 1. The van der Waals surface area contributed by atoms with Crippen LogP contribution in [0.25, 0.3) is 0 Å². The predicted molar refractivity (Wildman–Crippen MR) is 73.1 cm³/mol. The van der Waals surface area contributed by atoms with Gasteiger partial charge in [0, 0.05) is 12.1 Å². The molecule has 2 rings (SSSR count). The maximum Gasteiger partial charge on any atom is 0.259 e. The number of amides is 1. The molecule has 0 bridgehead atoms. The lowest BCUT2D eigenvalue weighted by Gasteiger charge is -2.07. The number of phenols is 2. The lowest BCUT2D eigenvalue weighted by Crippen LogP contribution is -2.12. The fraction of sp³-hybridized carbons (Fsp3) is 0.143. The van der Waals surface area contributed by atoms with Crippen molar-refractivity contribution in [2.75, 3.05) is 11.9 Å². The number of ether oxygens (including phenoxy) is 1. The minimum absolute atomic E-state index is 0.0664. The second-order valence-electron chi connectivity index (χ2n) is 3.97. The summed E-state index contributed by atoms with van der Waals surface area (Å²) in [4.78, 5) is 16.0. The molecule has 3 N–H and O–H groups in total. The van der Waals surface area contributed by atoms with E-state index in [0.29, 0.717) is 18.2 Å². The van der Waals surface area contributed by atoms with Gasteiger partial charge < -0.3 is 20.3 Å². The van der Waals surface area contributed by atoms with E-state index in [1.807, 2.05) is 6.92 Å². The van der Waals surface area contributed by atoms with Crippen molar-refractivity contribution in [2.24, 2.45) is 0 Å². The maximum atomic E-state index is 11.9. The van der Waals surface area contributed by atoms with Gasteiger partial charge in [-0.15, -0.1) is 0 Å². The van der Waals surface area contributed by atoms with Gasteiger partial charge in [0.2, 0.25) is 5.88 Å². The van der Waals surface area contributed by atoms with Gasteiger partial charge in [-0.3, -0.25) is 4.79 Å². The summed E-state index contributed by atoms with van der Waals surface area (Å²) in [7, 11) is 0. The highest BCUT2D eigenvalue weighted by molar-refractivity contribution is 6.06. The van der Waals surface area contributed by atoms with Gasteiger partial charge in [-0.05, 0) is 25.1 Å². The van der Waals surface area contributed by atoms with Crippen molar-refractivity contribution in [2.45, 2.75) is 6.92 Å². The normalized spacial score (nSPS) is 10.1. The third kappa shape index (κ3) is 3.17. The van der Waals surface area contributed by atoms with E-state index in [1.165, 1.54) is 18.3 Å². The summed E-state index contributed by atoms with van der Waals surface area (Å²) in [6.07, 6.45) is 1.46. The third-order valence-electron chi connectivity index (χ3n) is 2.51. The lowest BCUT2D eigenvalue weighted by molar-refractivity contribution is 0.102. The average molecular weight is 274 g/mol. The third-order valence-corrected chi connectivity index (χ3v) is 2.51. The number of hydrogen-bond acceptors (Lipinski definition) is 5. The minimum Gasteiger partial charge on any atom is -0.508 e. The number of aromatic nitrogens is 1. The molecule has 0 saturated carbocycles. The number of anilines is 1. The molecule has 0 unspecified atom stereocenters. The van der Waals surface area contributed by atoms with Crippen LogP contribution in [0.15, 0.2) is 36.5 Å². The minimum atomic E-state index is -0.492. The molecule has 0 aliphatic carbocycles. The van der Waals surface area contributed by atoms with Crippen LogP contribution in [0.2, 0.25) is 0 Å². The van der Waals surface area contributed by atoms with Crippen molar-refractivity contribution < 1.29 is 19.7 Å². The Morgan fingerprint density at radius 1 is 1.30 bits per heavy atom. The second-order valence-corrected chi connectivity index (χ2v) is 3.97. The highest BCUT2D eigenvalue weighted by Gasteiger charge is 2.12. The number of hydrogen-bond donors (Lipinski definition) is 3. The largest absolute Gasteiger partial charge is 0.508 e. The van der Waals surface area contributed by atoms with Gasteiger partial charge in [0.15, 0.2) is 0 Å². The summed E-state index contributed by atoms with van der Waals surface area (Å²) >= 11 is 0. The van der Waals surface area contributed by atoms with Crippen molar-refractivity contribution in [1.29, 1.82) is 0 Å². The molecule has 0 spiro atoms. The molecule has 0 atom stereocenters. The average Bonchev–Trinajstić information content (AvgIpc) is 2.41. The number of aromatic hydroxyl groups is 2. The standard InChI is InChI=1S/C14H14N2O4/c1-2-20-13-6-3-9(8-15-13)16-14(19)11-5-4-10(17)7-12(11)18/h3-8,17-18H,2H2,1H3,(H,16,19). The number of benzene rings is 1. The molecule has 6 nitrogen and oxygen atoms in total. The van der Waals surface area contributed by atoms with Gasteiger partial charge in [0.1, 0.15) is 11.5 Å². The van der Waals surface area contributed by atoms with Gasteiger partial charge in [-0.25, -0.2) is 4.98 Å². The van der Waals surface area contributed by atoms with Crippen LogP contribution in [0.3, 0.4) is 0 Å². The zero-order chi connectivity index (χ0) is 14.5. The first-order chi connectivity index (χ1) is 9.60. The van der Waals surface area contributed by atoms with Crippen LogP contribution in [-0.2, 0) is 0 Å². The van der Waals surface area contributed by atoms with Crippen molar-refractivity contribution in [3.63, 3.8) is 0 Å². The number of pyridine rings is 1. The topological polar surface area (TPSA) is 91.7 Å². The fourth-order valence-corrected chi connectivity index (χ4v) is 1.60. The van der Waals surface area contributed by atoms with E-state index >= 15 is 0 Å². The van der Waals surface area contributed by atoms with Crippen LogP contribution in [0.5, 0.6) is 17.4 Å². The molecule has 1 heterocycles. The maximum absolute atomic E-state index is 11.9. The fourth-order valence-electron chi connectivity index (χ4n) is 1.60. The molecule has 20 heavy (non-hydrogen) atoms. The number of rotatable bonds is 4. The molecule has 6 heteroatoms. The Morgan fingerprint density at radius 3 is 2.70 bits per heavy atom. The van der Waals surface area contributed by atoms with Crippen LogP contribution in [0.1, 0.15) is 17.3 Å². The van der Waals surface area contributed by atoms with E-state index in [9.17, 15) is 15.0 Å². The van der Waals surface area contributed by atoms with Gasteiger partial charge in [-0.2, -0.15) is 0 Å². The highest BCUT2D eigenvalue weighted by atomic mass is 16.5. The summed E-state index contributed by atoms with van der Waals surface area (Å²) in [5, 5.41) is 21.4. The Labute approximate surface area is 115 Å². The molecule has 2 aromatic rings. The molecule has 0 aliphatic heterocycles. The molecular weight excluding hydrogens is 260 g/mol. The van der Waals surface area contributed by atoms with Gasteiger partial charge >= 0.3 is 0 Å². The SMILES string of the molecule is CCOc1ccc(NC(=O)c2ccc(O)cc2O)cn1. The van der Waals surface area contributed by atoms with Crippen molar-refractivity contribution in [3.05, 3.63) is 42.1 Å². The molecule has 0 radical (unpaired) electrons. The molecule has 1 aromatic carbocycles. The van der Waals surface area contributed by atoms with E-state index in [4.69, 9.17) is 4.74 Å². The summed E-state index contributed by atoms with van der Waals surface area (Å²) < 4.78 is 5.19.